The summed E-state index contributed by atoms with van der Waals surface area (Å²) in [6.07, 6.45) is 12.0. The van der Waals surface area contributed by atoms with Crippen LogP contribution in [0.4, 0.5) is 0 Å². The van der Waals surface area contributed by atoms with Crippen molar-refractivity contribution >= 4 is 11.9 Å². The first kappa shape index (κ1) is 21.7. The number of guanidine groups is 1. The van der Waals surface area contributed by atoms with Gasteiger partial charge in [-0.3, -0.25) is 14.7 Å². The second-order valence-electron chi connectivity index (χ2n) is 8.16. The third-order valence-electron chi connectivity index (χ3n) is 6.00. The summed E-state index contributed by atoms with van der Waals surface area (Å²) in [5, 5.41) is 9.85. The number of nitrogens with one attached hydrogen (secondary N) is 3. The summed E-state index contributed by atoms with van der Waals surface area (Å²) in [5.41, 5.74) is 0. The van der Waals surface area contributed by atoms with Crippen LogP contribution in [-0.2, 0) is 4.79 Å². The van der Waals surface area contributed by atoms with Gasteiger partial charge in [0, 0.05) is 32.6 Å². The lowest BCUT2D eigenvalue weighted by Crippen LogP contribution is -2.45. The van der Waals surface area contributed by atoms with Crippen LogP contribution in [0.25, 0.3) is 0 Å². The molecule has 29 heavy (non-hydrogen) atoms. The molecule has 1 unspecified atom stereocenters. The van der Waals surface area contributed by atoms with Gasteiger partial charge in [-0.25, -0.2) is 0 Å². The average molecular weight is 404 g/mol. The molecule has 1 aromatic rings. The molecular formula is C22H37N5O2. The van der Waals surface area contributed by atoms with Crippen LogP contribution in [0, 0.1) is 0 Å². The van der Waals surface area contributed by atoms with Gasteiger partial charge in [0.2, 0.25) is 5.91 Å². The van der Waals surface area contributed by atoms with Gasteiger partial charge < -0.3 is 20.4 Å². The quantitative estimate of drug-likeness (QED) is 0.459. The fourth-order valence-electron chi connectivity index (χ4n) is 4.38. The second-order valence-corrected chi connectivity index (χ2v) is 8.16. The summed E-state index contributed by atoms with van der Waals surface area (Å²) in [6, 6.07) is 4.56. The fraction of sp³-hybridized carbons (Fsp3) is 0.727. The van der Waals surface area contributed by atoms with E-state index in [2.05, 4.69) is 25.8 Å². The summed E-state index contributed by atoms with van der Waals surface area (Å²) in [4.78, 5) is 19.0. The molecule has 1 aromatic heterocycles. The van der Waals surface area contributed by atoms with Gasteiger partial charge in [0.25, 0.3) is 0 Å². The van der Waals surface area contributed by atoms with E-state index in [1.54, 1.807) is 13.3 Å². The van der Waals surface area contributed by atoms with Crippen LogP contribution >= 0.6 is 0 Å². The third kappa shape index (κ3) is 7.07. The minimum Gasteiger partial charge on any atom is -0.468 e. The molecule has 7 heteroatoms. The van der Waals surface area contributed by atoms with Gasteiger partial charge in [0.15, 0.2) is 5.96 Å². The largest absolute Gasteiger partial charge is 0.468 e. The Labute approximate surface area is 174 Å². The number of hydrogen-bond donors (Lipinski definition) is 3. The Balaban J connectivity index is 1.41. The second kappa shape index (κ2) is 11.9. The molecule has 1 aliphatic carbocycles. The number of nitrogens with zero attached hydrogens (tertiary/aromatic N) is 2. The van der Waals surface area contributed by atoms with Crippen molar-refractivity contribution in [2.75, 3.05) is 33.2 Å². The number of likely N-dealkylation sites (tertiary alicyclic amines) is 1. The van der Waals surface area contributed by atoms with E-state index in [0.717, 1.165) is 44.2 Å². The molecule has 7 nitrogen and oxygen atoms in total. The molecular weight excluding hydrogens is 366 g/mol. The van der Waals surface area contributed by atoms with Crippen LogP contribution in [0.1, 0.15) is 69.6 Å². The van der Waals surface area contributed by atoms with Gasteiger partial charge >= 0.3 is 0 Å². The highest BCUT2D eigenvalue weighted by atomic mass is 16.3. The minimum atomic E-state index is 0.127. The van der Waals surface area contributed by atoms with E-state index < -0.39 is 0 Å². The van der Waals surface area contributed by atoms with Gasteiger partial charge in [-0.2, -0.15) is 0 Å². The maximum absolute atomic E-state index is 12.2. The molecule has 2 heterocycles. The lowest BCUT2D eigenvalue weighted by atomic mass is 9.95. The van der Waals surface area contributed by atoms with E-state index in [4.69, 9.17) is 4.42 Å². The first-order chi connectivity index (χ1) is 14.3. The fourth-order valence-corrected chi connectivity index (χ4v) is 4.38. The molecule has 1 amide bonds. The number of amides is 1. The standard InChI is InChI=1S/C22H37N5O2/c1-23-22(24-13-12-21(28)26-18-9-4-2-5-10-18)25-17-19(20-11-8-16-29-20)27-14-6-3-7-15-27/h8,11,16,18-19H,2-7,9-10,12-15,17H2,1H3,(H,26,28)(H2,23,24,25). The third-order valence-corrected chi connectivity index (χ3v) is 6.00. The van der Waals surface area contributed by atoms with Crippen molar-refractivity contribution in [1.82, 2.24) is 20.9 Å². The van der Waals surface area contributed by atoms with Crippen molar-refractivity contribution in [3.63, 3.8) is 0 Å². The Morgan fingerprint density at radius 1 is 1.17 bits per heavy atom. The highest BCUT2D eigenvalue weighted by Gasteiger charge is 2.24. The van der Waals surface area contributed by atoms with Crippen LogP contribution in [-0.4, -0.2) is 56.0 Å². The summed E-state index contributed by atoms with van der Waals surface area (Å²) in [5.74, 6) is 1.84. The molecule has 2 fully saturated rings. The average Bonchev–Trinajstić information content (AvgIpc) is 3.28. The number of rotatable bonds is 8. The van der Waals surface area contributed by atoms with E-state index in [0.29, 0.717) is 19.0 Å². The number of carbonyl (C=O) groups is 1. The molecule has 1 saturated carbocycles. The smallest absolute Gasteiger partial charge is 0.221 e. The molecule has 3 rings (SSSR count). The normalized spacial score (nSPS) is 20.2. The molecule has 1 saturated heterocycles. The van der Waals surface area contributed by atoms with E-state index >= 15 is 0 Å². The van der Waals surface area contributed by atoms with Gasteiger partial charge in [-0.05, 0) is 50.9 Å². The Hall–Kier alpha value is -2.02. The Bertz CT molecular complexity index is 619. The summed E-state index contributed by atoms with van der Waals surface area (Å²) >= 11 is 0. The van der Waals surface area contributed by atoms with E-state index in [9.17, 15) is 4.79 Å². The van der Waals surface area contributed by atoms with E-state index in [1.807, 2.05) is 12.1 Å². The van der Waals surface area contributed by atoms with Gasteiger partial charge in [0.05, 0.1) is 12.3 Å². The lowest BCUT2D eigenvalue weighted by molar-refractivity contribution is -0.121. The summed E-state index contributed by atoms with van der Waals surface area (Å²) in [6.45, 7) is 3.50. The van der Waals surface area contributed by atoms with Gasteiger partial charge in [0.1, 0.15) is 5.76 Å². The Morgan fingerprint density at radius 2 is 1.93 bits per heavy atom. The molecule has 0 aromatic carbocycles. The molecule has 1 atom stereocenters. The Kier molecular flexibility index (Phi) is 8.86. The Morgan fingerprint density at radius 3 is 2.62 bits per heavy atom. The summed E-state index contributed by atoms with van der Waals surface area (Å²) < 4.78 is 5.70. The van der Waals surface area contributed by atoms with Crippen molar-refractivity contribution in [3.05, 3.63) is 24.2 Å². The highest BCUT2D eigenvalue weighted by molar-refractivity contribution is 5.81. The molecule has 2 aliphatic rings. The SMILES string of the molecule is CN=C(NCCC(=O)NC1CCCCC1)NCC(c1ccco1)N1CCCCC1. The van der Waals surface area contributed by atoms with Crippen molar-refractivity contribution in [2.45, 2.75) is 69.9 Å². The first-order valence-electron chi connectivity index (χ1n) is 11.3. The zero-order valence-corrected chi connectivity index (χ0v) is 17.8. The molecule has 3 N–H and O–H groups in total. The van der Waals surface area contributed by atoms with E-state index in [1.165, 1.54) is 38.5 Å². The number of carbonyl (C=O) groups excluding carboxylic acids is 1. The lowest BCUT2D eigenvalue weighted by Gasteiger charge is -2.33. The maximum Gasteiger partial charge on any atom is 0.221 e. The summed E-state index contributed by atoms with van der Waals surface area (Å²) in [7, 11) is 1.76. The van der Waals surface area contributed by atoms with Gasteiger partial charge in [-0.1, -0.05) is 25.7 Å². The topological polar surface area (TPSA) is 81.9 Å². The van der Waals surface area contributed by atoms with Crippen LogP contribution in [0.5, 0.6) is 0 Å². The van der Waals surface area contributed by atoms with Crippen molar-refractivity contribution in [3.8, 4) is 0 Å². The van der Waals surface area contributed by atoms with Crippen molar-refractivity contribution < 1.29 is 9.21 Å². The molecule has 162 valence electrons. The first-order valence-corrected chi connectivity index (χ1v) is 11.3. The number of furan rings is 1. The predicted octanol–water partition coefficient (Wildman–Crippen LogP) is 2.81. The van der Waals surface area contributed by atoms with Crippen LogP contribution in [0.2, 0.25) is 0 Å². The monoisotopic (exact) mass is 403 g/mol. The highest BCUT2D eigenvalue weighted by Crippen LogP contribution is 2.24. The molecule has 1 aliphatic heterocycles. The number of hydrogen-bond acceptors (Lipinski definition) is 4. The zero-order chi connectivity index (χ0) is 20.3. The van der Waals surface area contributed by atoms with Crippen LogP contribution < -0.4 is 16.0 Å². The van der Waals surface area contributed by atoms with Gasteiger partial charge in [-0.15, -0.1) is 0 Å². The van der Waals surface area contributed by atoms with Crippen LogP contribution in [0.3, 0.4) is 0 Å². The predicted molar refractivity (Wildman–Crippen MR) is 116 cm³/mol. The molecule has 0 bridgehead atoms. The van der Waals surface area contributed by atoms with E-state index in [-0.39, 0.29) is 11.9 Å². The number of piperidine rings is 1. The zero-order valence-electron chi connectivity index (χ0n) is 17.8. The molecule has 0 spiro atoms. The minimum absolute atomic E-state index is 0.127. The van der Waals surface area contributed by atoms with Crippen LogP contribution in [0.15, 0.2) is 27.8 Å². The maximum atomic E-state index is 12.2. The number of aliphatic imine (C=N–C) groups is 1. The molecule has 0 radical (unpaired) electrons. The van der Waals surface area contributed by atoms with Crippen molar-refractivity contribution in [2.24, 2.45) is 4.99 Å². The van der Waals surface area contributed by atoms with Crippen molar-refractivity contribution in [1.29, 1.82) is 0 Å².